The first-order valence-corrected chi connectivity index (χ1v) is 10.3. The second-order valence-electron chi connectivity index (χ2n) is 6.49. The zero-order valence-corrected chi connectivity index (χ0v) is 16.5. The van der Waals surface area contributed by atoms with Gasteiger partial charge in [-0.15, -0.1) is 0 Å². The van der Waals surface area contributed by atoms with Gasteiger partial charge in [0.1, 0.15) is 0 Å². The van der Waals surface area contributed by atoms with Crippen molar-refractivity contribution in [1.29, 1.82) is 0 Å². The number of carbonyl (C=O) groups excluding carboxylic acids is 1. The van der Waals surface area contributed by atoms with E-state index in [1.807, 2.05) is 0 Å². The Morgan fingerprint density at radius 2 is 1.60 bits per heavy atom. The first kappa shape index (κ1) is 21.5. The Kier molecular flexibility index (Phi) is 5.93. The summed E-state index contributed by atoms with van der Waals surface area (Å²) >= 11 is 0. The largest absolute Gasteiger partial charge is 0.501 e. The molecule has 3 rings (SSSR count). The maximum Gasteiger partial charge on any atom is 0.501 e. The molecule has 30 heavy (non-hydrogen) atoms. The van der Waals surface area contributed by atoms with E-state index < -0.39 is 32.1 Å². The molecule has 3 aromatic rings. The van der Waals surface area contributed by atoms with Crippen LogP contribution in [-0.2, 0) is 9.84 Å². The van der Waals surface area contributed by atoms with Crippen molar-refractivity contribution in [2.75, 3.05) is 5.32 Å². The molecule has 1 aromatic heterocycles. The number of rotatable bonds is 5. The number of amides is 1. The van der Waals surface area contributed by atoms with Gasteiger partial charge in [-0.05, 0) is 35.4 Å². The molecule has 0 saturated heterocycles. The summed E-state index contributed by atoms with van der Waals surface area (Å²) in [5.74, 6) is -1.33. The summed E-state index contributed by atoms with van der Waals surface area (Å²) in [6.45, 7) is 1.54. The molecular formula is C21H17F3N2O3S. The van der Waals surface area contributed by atoms with E-state index in [-0.39, 0.29) is 11.1 Å². The van der Waals surface area contributed by atoms with Crippen molar-refractivity contribution < 1.29 is 26.4 Å². The molecule has 2 aromatic carbocycles. The number of nitrogens with zero attached hydrogens (tertiary/aromatic N) is 1. The Bertz CT molecular complexity index is 1160. The molecule has 0 aliphatic carbocycles. The van der Waals surface area contributed by atoms with Crippen molar-refractivity contribution in [3.8, 4) is 0 Å². The number of nitrogens with one attached hydrogen (secondary N) is 1. The third-order valence-corrected chi connectivity index (χ3v) is 6.14. The number of aromatic nitrogens is 1. The fourth-order valence-corrected chi connectivity index (χ4v) is 4.13. The van der Waals surface area contributed by atoms with Crippen molar-refractivity contribution in [2.45, 2.75) is 23.2 Å². The second kappa shape index (κ2) is 8.27. The van der Waals surface area contributed by atoms with Crippen LogP contribution in [0, 0.1) is 0 Å². The summed E-state index contributed by atoms with van der Waals surface area (Å²) in [6.07, 6.45) is 2.69. The van der Waals surface area contributed by atoms with Crippen LogP contribution in [0.5, 0.6) is 0 Å². The Morgan fingerprint density at radius 3 is 2.27 bits per heavy atom. The van der Waals surface area contributed by atoms with E-state index in [2.05, 4.69) is 10.3 Å². The van der Waals surface area contributed by atoms with Crippen molar-refractivity contribution in [3.63, 3.8) is 0 Å². The average molecular weight is 434 g/mol. The minimum Gasteiger partial charge on any atom is -0.322 e. The molecule has 0 saturated carbocycles. The Labute approximate surface area is 171 Å². The fraction of sp³-hybridized carbons (Fsp3) is 0.143. The van der Waals surface area contributed by atoms with Gasteiger partial charge in [-0.25, -0.2) is 8.42 Å². The van der Waals surface area contributed by atoms with Crippen LogP contribution in [-0.4, -0.2) is 24.8 Å². The van der Waals surface area contributed by atoms with Gasteiger partial charge >= 0.3 is 5.51 Å². The van der Waals surface area contributed by atoms with Gasteiger partial charge in [0.05, 0.1) is 10.5 Å². The highest BCUT2D eigenvalue weighted by Gasteiger charge is 2.48. The van der Waals surface area contributed by atoms with E-state index in [9.17, 15) is 26.4 Å². The lowest BCUT2D eigenvalue weighted by molar-refractivity contribution is -0.0436. The molecule has 156 valence electrons. The van der Waals surface area contributed by atoms with E-state index in [0.717, 1.165) is 6.07 Å². The number of anilines is 1. The molecule has 5 nitrogen and oxygen atoms in total. The van der Waals surface area contributed by atoms with Gasteiger partial charge in [-0.3, -0.25) is 9.78 Å². The summed E-state index contributed by atoms with van der Waals surface area (Å²) in [6, 6.07) is 15.0. The molecule has 0 bridgehead atoms. The van der Waals surface area contributed by atoms with E-state index in [4.69, 9.17) is 0 Å². The lowest BCUT2D eigenvalue weighted by Gasteiger charge is -2.20. The molecule has 0 aliphatic rings. The highest BCUT2D eigenvalue weighted by molar-refractivity contribution is 7.92. The molecule has 1 unspecified atom stereocenters. The Morgan fingerprint density at radius 1 is 0.967 bits per heavy atom. The quantitative estimate of drug-likeness (QED) is 0.627. The van der Waals surface area contributed by atoms with Gasteiger partial charge in [-0.2, -0.15) is 13.2 Å². The topological polar surface area (TPSA) is 76.1 Å². The number of halogens is 3. The fourth-order valence-electron chi connectivity index (χ4n) is 3.07. The maximum absolute atomic E-state index is 13.2. The molecule has 0 fully saturated rings. The number of pyridine rings is 1. The van der Waals surface area contributed by atoms with Gasteiger partial charge in [-0.1, -0.05) is 43.3 Å². The molecule has 1 N–H and O–H groups in total. The van der Waals surface area contributed by atoms with Gasteiger partial charge in [0, 0.05) is 24.0 Å². The molecule has 1 amide bonds. The standard InChI is InChI=1S/C21H17F3N2O3S/c1-14(17-9-5-6-10-19(17)30(28,29)21(22,23)24)16-11-12-25-13-18(16)20(27)26-15-7-3-2-4-8-15/h2-14H,1H3,(H,26,27). The Balaban J connectivity index is 2.04. The maximum atomic E-state index is 13.2. The van der Waals surface area contributed by atoms with E-state index in [1.54, 1.807) is 37.3 Å². The predicted molar refractivity (Wildman–Crippen MR) is 106 cm³/mol. The van der Waals surface area contributed by atoms with Crippen LogP contribution in [0.2, 0.25) is 0 Å². The molecule has 0 spiro atoms. The Hall–Kier alpha value is -3.20. The average Bonchev–Trinajstić information content (AvgIpc) is 2.73. The monoisotopic (exact) mass is 434 g/mol. The number of alkyl halides is 3. The minimum atomic E-state index is -5.56. The number of hydrogen-bond acceptors (Lipinski definition) is 4. The summed E-state index contributed by atoms with van der Waals surface area (Å²) in [4.78, 5) is 15.9. The summed E-state index contributed by atoms with van der Waals surface area (Å²) in [7, 11) is -5.56. The zero-order valence-electron chi connectivity index (χ0n) is 15.7. The van der Waals surface area contributed by atoms with Gasteiger partial charge < -0.3 is 5.32 Å². The van der Waals surface area contributed by atoms with Crippen LogP contribution in [0.15, 0.2) is 78.0 Å². The van der Waals surface area contributed by atoms with E-state index in [0.29, 0.717) is 11.3 Å². The summed E-state index contributed by atoms with van der Waals surface area (Å²) in [5.41, 5.74) is -4.48. The van der Waals surface area contributed by atoms with Crippen LogP contribution in [0.25, 0.3) is 0 Å². The SMILES string of the molecule is CC(c1ccncc1C(=O)Nc1ccccc1)c1ccccc1S(=O)(=O)C(F)(F)F. The number of hydrogen-bond donors (Lipinski definition) is 1. The first-order chi connectivity index (χ1) is 14.1. The number of benzene rings is 2. The molecule has 1 heterocycles. The normalized spacial score (nSPS) is 12.9. The molecular weight excluding hydrogens is 417 g/mol. The van der Waals surface area contributed by atoms with Crippen LogP contribution in [0.3, 0.4) is 0 Å². The third kappa shape index (κ3) is 4.20. The molecule has 9 heteroatoms. The first-order valence-electron chi connectivity index (χ1n) is 8.83. The zero-order chi connectivity index (χ0) is 21.9. The number of para-hydroxylation sites is 1. The van der Waals surface area contributed by atoms with Gasteiger partial charge in [0.15, 0.2) is 0 Å². The summed E-state index contributed by atoms with van der Waals surface area (Å²) < 4.78 is 63.6. The van der Waals surface area contributed by atoms with Crippen molar-refractivity contribution >= 4 is 21.4 Å². The second-order valence-corrected chi connectivity index (χ2v) is 8.40. The highest BCUT2D eigenvalue weighted by atomic mass is 32.2. The van der Waals surface area contributed by atoms with E-state index in [1.165, 1.54) is 36.7 Å². The lowest BCUT2D eigenvalue weighted by Crippen LogP contribution is -2.25. The van der Waals surface area contributed by atoms with E-state index >= 15 is 0 Å². The molecule has 0 aliphatic heterocycles. The highest BCUT2D eigenvalue weighted by Crippen LogP contribution is 2.37. The smallest absolute Gasteiger partial charge is 0.322 e. The third-order valence-electron chi connectivity index (χ3n) is 4.58. The van der Waals surface area contributed by atoms with Crippen LogP contribution in [0.1, 0.15) is 34.3 Å². The molecule has 0 radical (unpaired) electrons. The number of carbonyl (C=O) groups is 1. The van der Waals surface area contributed by atoms with Crippen molar-refractivity contribution in [3.05, 3.63) is 89.7 Å². The van der Waals surface area contributed by atoms with Gasteiger partial charge in [0.2, 0.25) is 0 Å². The number of sulfone groups is 1. The molecule has 1 atom stereocenters. The lowest BCUT2D eigenvalue weighted by atomic mass is 9.90. The van der Waals surface area contributed by atoms with Crippen LogP contribution >= 0.6 is 0 Å². The summed E-state index contributed by atoms with van der Waals surface area (Å²) in [5, 5.41) is 2.70. The van der Waals surface area contributed by atoms with Crippen molar-refractivity contribution in [1.82, 2.24) is 4.98 Å². The van der Waals surface area contributed by atoms with Gasteiger partial charge in [0.25, 0.3) is 15.7 Å². The minimum absolute atomic E-state index is 0.0604. The van der Waals surface area contributed by atoms with Crippen molar-refractivity contribution in [2.24, 2.45) is 0 Å². The van der Waals surface area contributed by atoms with Crippen LogP contribution < -0.4 is 5.32 Å². The van der Waals surface area contributed by atoms with Crippen LogP contribution in [0.4, 0.5) is 18.9 Å². The predicted octanol–water partition coefficient (Wildman–Crippen LogP) is 4.78.